The maximum Gasteiger partial charge on any atom is 0.158 e. The molecule has 3 aromatic heterocycles. The number of pyridine rings is 1. The van der Waals surface area contributed by atoms with Crippen molar-refractivity contribution in [2.45, 2.75) is 31.7 Å². The molecule has 1 fully saturated rings. The summed E-state index contributed by atoms with van der Waals surface area (Å²) in [5.41, 5.74) is 3.90. The summed E-state index contributed by atoms with van der Waals surface area (Å²) in [7, 11) is 3.88. The molecule has 0 saturated carbocycles. The minimum absolute atomic E-state index is 0.262. The van der Waals surface area contributed by atoms with Crippen LogP contribution in [-0.2, 0) is 0 Å². The van der Waals surface area contributed by atoms with Crippen LogP contribution in [0.15, 0.2) is 55.1 Å². The van der Waals surface area contributed by atoms with Crippen molar-refractivity contribution in [1.29, 1.82) is 0 Å². The summed E-state index contributed by atoms with van der Waals surface area (Å²) in [4.78, 5) is 16.0. The molecule has 4 heterocycles. The van der Waals surface area contributed by atoms with E-state index < -0.39 is 0 Å². The average molecular weight is 458 g/mol. The third kappa shape index (κ3) is 4.59. The molecule has 4 aromatic rings. The molecule has 1 aliphatic rings. The number of anilines is 1. The second kappa shape index (κ2) is 9.77. The maximum atomic E-state index is 5.51. The lowest BCUT2D eigenvalue weighted by atomic mass is 10.00. The minimum Gasteiger partial charge on any atom is -0.496 e. The second-order valence-corrected chi connectivity index (χ2v) is 9.07. The van der Waals surface area contributed by atoms with Crippen molar-refractivity contribution >= 4 is 16.9 Å². The smallest absolute Gasteiger partial charge is 0.158 e. The molecule has 1 saturated heterocycles. The number of methoxy groups -OCH3 is 1. The zero-order valence-electron chi connectivity index (χ0n) is 20.0. The number of rotatable bonds is 7. The van der Waals surface area contributed by atoms with E-state index >= 15 is 0 Å². The van der Waals surface area contributed by atoms with E-state index in [9.17, 15) is 0 Å². The van der Waals surface area contributed by atoms with Crippen LogP contribution in [0.5, 0.6) is 5.75 Å². The van der Waals surface area contributed by atoms with Crippen LogP contribution in [0.3, 0.4) is 0 Å². The molecule has 1 atom stereocenters. The van der Waals surface area contributed by atoms with Crippen LogP contribution in [0.25, 0.3) is 22.3 Å². The molecular weight excluding hydrogens is 426 g/mol. The van der Waals surface area contributed by atoms with E-state index in [1.165, 1.54) is 5.56 Å². The number of benzene rings is 1. The van der Waals surface area contributed by atoms with Gasteiger partial charge in [0.25, 0.3) is 0 Å². The summed E-state index contributed by atoms with van der Waals surface area (Å²) in [6.45, 7) is 5.09. The lowest BCUT2D eigenvalue weighted by Crippen LogP contribution is -2.31. The van der Waals surface area contributed by atoms with Gasteiger partial charge in [-0.25, -0.2) is 19.6 Å². The minimum atomic E-state index is 0.262. The van der Waals surface area contributed by atoms with E-state index in [2.05, 4.69) is 56.1 Å². The van der Waals surface area contributed by atoms with E-state index in [-0.39, 0.29) is 5.92 Å². The molecule has 34 heavy (non-hydrogen) atoms. The quantitative estimate of drug-likeness (QED) is 0.441. The maximum absolute atomic E-state index is 5.51. The van der Waals surface area contributed by atoms with Gasteiger partial charge in [-0.3, -0.25) is 0 Å². The Morgan fingerprint density at radius 2 is 1.91 bits per heavy atom. The molecule has 8 nitrogen and oxygen atoms in total. The van der Waals surface area contributed by atoms with Crippen LogP contribution in [0.2, 0.25) is 0 Å². The van der Waals surface area contributed by atoms with Gasteiger partial charge in [0.1, 0.15) is 17.9 Å². The highest BCUT2D eigenvalue weighted by Crippen LogP contribution is 2.29. The van der Waals surface area contributed by atoms with Crippen LogP contribution < -0.4 is 10.1 Å². The Morgan fingerprint density at radius 1 is 1.09 bits per heavy atom. The van der Waals surface area contributed by atoms with Crippen LogP contribution in [0, 0.1) is 0 Å². The molecule has 0 radical (unpaired) electrons. The fourth-order valence-electron chi connectivity index (χ4n) is 4.64. The molecule has 8 heteroatoms. The number of fused-ring (bicyclic) bond motifs is 1. The molecule has 0 spiro atoms. The SMILES string of the molecule is COc1ccccc1[C@H](C)CNc1cc(-c2cnc3c(cnn3C3CCN(C)CC3)c2)ncn1. The van der Waals surface area contributed by atoms with Gasteiger partial charge >= 0.3 is 0 Å². The van der Waals surface area contributed by atoms with Crippen molar-refractivity contribution in [1.82, 2.24) is 29.6 Å². The standard InChI is InChI=1S/C26H31N7O/c1-18(22-6-4-5-7-24(22)34-3)14-27-25-13-23(29-17-30-25)19-12-20-16-31-33(26(20)28-15-19)21-8-10-32(2)11-9-21/h4-7,12-13,15-18,21H,8-11,14H2,1-3H3,(H,27,29,30)/t18-/m1/s1. The first-order valence-corrected chi connectivity index (χ1v) is 11.8. The number of piperidine rings is 1. The van der Waals surface area contributed by atoms with Crippen molar-refractivity contribution in [3.8, 4) is 17.0 Å². The predicted molar refractivity (Wildman–Crippen MR) is 134 cm³/mol. The number of nitrogens with zero attached hydrogens (tertiary/aromatic N) is 6. The summed E-state index contributed by atoms with van der Waals surface area (Å²) in [5.74, 6) is 1.95. The summed E-state index contributed by atoms with van der Waals surface area (Å²) < 4.78 is 7.60. The number of nitrogens with one attached hydrogen (secondary N) is 1. The fourth-order valence-corrected chi connectivity index (χ4v) is 4.64. The van der Waals surface area contributed by atoms with Gasteiger partial charge in [0.2, 0.25) is 0 Å². The Kier molecular flexibility index (Phi) is 6.40. The topological polar surface area (TPSA) is 81.0 Å². The first kappa shape index (κ1) is 22.3. The zero-order valence-corrected chi connectivity index (χ0v) is 20.0. The van der Waals surface area contributed by atoms with Gasteiger partial charge in [-0.2, -0.15) is 5.10 Å². The third-order valence-electron chi connectivity index (χ3n) is 6.69. The summed E-state index contributed by atoms with van der Waals surface area (Å²) >= 11 is 0. The molecule has 0 bridgehead atoms. The highest BCUT2D eigenvalue weighted by molar-refractivity contribution is 5.80. The Hall–Kier alpha value is -3.52. The highest BCUT2D eigenvalue weighted by atomic mass is 16.5. The van der Waals surface area contributed by atoms with Crippen LogP contribution in [0.4, 0.5) is 5.82 Å². The normalized spacial score (nSPS) is 16.0. The van der Waals surface area contributed by atoms with Crippen LogP contribution >= 0.6 is 0 Å². The first-order valence-electron chi connectivity index (χ1n) is 11.8. The van der Waals surface area contributed by atoms with E-state index in [0.29, 0.717) is 6.04 Å². The van der Waals surface area contributed by atoms with E-state index in [4.69, 9.17) is 9.72 Å². The molecule has 176 valence electrons. The number of para-hydroxylation sites is 1. The summed E-state index contributed by atoms with van der Waals surface area (Å²) in [6, 6.07) is 12.6. The van der Waals surface area contributed by atoms with Gasteiger partial charge in [-0.05, 0) is 50.7 Å². The van der Waals surface area contributed by atoms with Gasteiger partial charge in [0.05, 0.1) is 25.0 Å². The Morgan fingerprint density at radius 3 is 2.74 bits per heavy atom. The molecule has 1 aromatic carbocycles. The Bertz CT molecular complexity index is 1260. The van der Waals surface area contributed by atoms with Gasteiger partial charge < -0.3 is 15.0 Å². The number of aromatic nitrogens is 5. The molecular formula is C26H31N7O. The molecule has 0 amide bonds. The number of ether oxygens (including phenoxy) is 1. The van der Waals surface area contributed by atoms with Crippen molar-refractivity contribution in [2.75, 3.05) is 39.1 Å². The van der Waals surface area contributed by atoms with Crippen molar-refractivity contribution in [3.63, 3.8) is 0 Å². The third-order valence-corrected chi connectivity index (χ3v) is 6.69. The first-order chi connectivity index (χ1) is 16.6. The Balaban J connectivity index is 1.31. The number of hydrogen-bond donors (Lipinski definition) is 1. The van der Waals surface area contributed by atoms with Crippen molar-refractivity contribution in [3.05, 3.63) is 60.7 Å². The zero-order chi connectivity index (χ0) is 23.5. The summed E-state index contributed by atoms with van der Waals surface area (Å²) in [5, 5.41) is 9.15. The number of likely N-dealkylation sites (tertiary alicyclic amines) is 1. The van der Waals surface area contributed by atoms with E-state index in [0.717, 1.165) is 66.3 Å². The van der Waals surface area contributed by atoms with Crippen molar-refractivity contribution < 1.29 is 4.74 Å². The fraction of sp³-hybridized carbons (Fsp3) is 0.385. The average Bonchev–Trinajstić information content (AvgIpc) is 3.31. The Labute approximate surface area is 200 Å². The van der Waals surface area contributed by atoms with Gasteiger partial charge in [0.15, 0.2) is 5.65 Å². The van der Waals surface area contributed by atoms with Gasteiger partial charge in [-0.1, -0.05) is 25.1 Å². The molecule has 1 N–H and O–H groups in total. The molecule has 5 rings (SSSR count). The van der Waals surface area contributed by atoms with Crippen molar-refractivity contribution in [2.24, 2.45) is 0 Å². The lowest BCUT2D eigenvalue weighted by molar-refractivity contribution is 0.215. The number of hydrogen-bond acceptors (Lipinski definition) is 7. The van der Waals surface area contributed by atoms with Crippen LogP contribution in [0.1, 0.15) is 37.3 Å². The monoisotopic (exact) mass is 457 g/mol. The van der Waals surface area contributed by atoms with Gasteiger partial charge in [-0.15, -0.1) is 0 Å². The lowest BCUT2D eigenvalue weighted by Gasteiger charge is -2.29. The van der Waals surface area contributed by atoms with E-state index in [1.54, 1.807) is 13.4 Å². The van der Waals surface area contributed by atoms with Gasteiger partial charge in [0, 0.05) is 35.7 Å². The largest absolute Gasteiger partial charge is 0.496 e. The molecule has 0 aliphatic carbocycles. The second-order valence-electron chi connectivity index (χ2n) is 9.07. The molecule has 1 aliphatic heterocycles. The summed E-state index contributed by atoms with van der Waals surface area (Å²) in [6.07, 6.45) is 7.60. The highest BCUT2D eigenvalue weighted by Gasteiger charge is 2.21. The predicted octanol–water partition coefficient (Wildman–Crippen LogP) is 4.38. The van der Waals surface area contributed by atoms with E-state index in [1.807, 2.05) is 36.7 Å². The van der Waals surface area contributed by atoms with Crippen LogP contribution in [-0.4, -0.2) is 63.4 Å². The molecule has 0 unspecified atom stereocenters.